The van der Waals surface area contributed by atoms with E-state index in [1.54, 1.807) is 0 Å². The summed E-state index contributed by atoms with van der Waals surface area (Å²) < 4.78 is 26.8. The van der Waals surface area contributed by atoms with Crippen molar-refractivity contribution in [3.05, 3.63) is 35.4 Å². The van der Waals surface area contributed by atoms with Crippen LogP contribution < -0.4 is 4.72 Å². The third kappa shape index (κ3) is 4.89. The van der Waals surface area contributed by atoms with Crippen molar-refractivity contribution in [3.63, 3.8) is 0 Å². The molecule has 1 fully saturated rings. The zero-order chi connectivity index (χ0) is 14.4. The van der Waals surface area contributed by atoms with E-state index in [2.05, 4.69) is 4.72 Å². The first-order valence-corrected chi connectivity index (χ1v) is 8.90. The second kappa shape index (κ2) is 7.20. The van der Waals surface area contributed by atoms with Crippen LogP contribution in [0.15, 0.2) is 24.3 Å². The van der Waals surface area contributed by atoms with Crippen LogP contribution in [0.3, 0.4) is 0 Å². The molecule has 1 aliphatic rings. The van der Waals surface area contributed by atoms with Crippen molar-refractivity contribution in [2.24, 2.45) is 5.92 Å². The first-order chi connectivity index (χ1) is 9.59. The molecule has 4 nitrogen and oxygen atoms in total. The predicted octanol–water partition coefficient (Wildman–Crippen LogP) is 2.18. The monoisotopic (exact) mass is 297 g/mol. The Morgan fingerprint density at radius 3 is 2.55 bits per heavy atom. The standard InChI is InChI=1S/C15H23NO3S/c17-11-15-8-4-7-14(9-15)10-16-20(18,19)12-13-5-2-1-3-6-13/h4,7-9,13,16-17H,1-3,5-6,10-12H2. The molecule has 0 aliphatic heterocycles. The van der Waals surface area contributed by atoms with E-state index in [0.717, 1.165) is 36.8 Å². The maximum atomic E-state index is 12.1. The minimum absolute atomic E-state index is 0.0251. The maximum absolute atomic E-state index is 12.1. The largest absolute Gasteiger partial charge is 0.392 e. The number of nitrogens with one attached hydrogen (secondary N) is 1. The average Bonchev–Trinajstić information content (AvgIpc) is 2.46. The first-order valence-electron chi connectivity index (χ1n) is 7.25. The second-order valence-electron chi connectivity index (χ2n) is 5.58. The number of aliphatic hydroxyl groups is 1. The van der Waals surface area contributed by atoms with Gasteiger partial charge in [0.25, 0.3) is 0 Å². The van der Waals surface area contributed by atoms with Crippen molar-refractivity contribution in [3.8, 4) is 0 Å². The van der Waals surface area contributed by atoms with Gasteiger partial charge in [-0.25, -0.2) is 13.1 Å². The Hall–Kier alpha value is -0.910. The molecule has 0 aromatic heterocycles. The molecule has 1 aromatic carbocycles. The number of rotatable bonds is 6. The molecule has 0 unspecified atom stereocenters. The Bertz CT molecular complexity index is 522. The van der Waals surface area contributed by atoms with Crippen LogP contribution in [0.4, 0.5) is 0 Å². The Morgan fingerprint density at radius 2 is 1.85 bits per heavy atom. The number of hydrogen-bond donors (Lipinski definition) is 2. The molecule has 0 heterocycles. The van der Waals surface area contributed by atoms with Crippen LogP contribution in [-0.2, 0) is 23.2 Å². The van der Waals surface area contributed by atoms with Crippen LogP contribution in [0.25, 0.3) is 0 Å². The van der Waals surface area contributed by atoms with Crippen molar-refractivity contribution >= 4 is 10.0 Å². The zero-order valence-electron chi connectivity index (χ0n) is 11.7. The molecular formula is C15H23NO3S. The van der Waals surface area contributed by atoms with E-state index in [1.165, 1.54) is 6.42 Å². The highest BCUT2D eigenvalue weighted by molar-refractivity contribution is 7.89. The molecule has 0 radical (unpaired) electrons. The number of sulfonamides is 1. The summed E-state index contributed by atoms with van der Waals surface area (Å²) in [5.41, 5.74) is 1.68. The maximum Gasteiger partial charge on any atom is 0.212 e. The number of hydrogen-bond acceptors (Lipinski definition) is 3. The molecule has 2 N–H and O–H groups in total. The lowest BCUT2D eigenvalue weighted by Gasteiger charge is -2.21. The minimum atomic E-state index is -3.21. The van der Waals surface area contributed by atoms with E-state index in [4.69, 9.17) is 5.11 Å². The van der Waals surface area contributed by atoms with E-state index in [1.807, 2.05) is 24.3 Å². The van der Waals surface area contributed by atoms with E-state index < -0.39 is 10.0 Å². The van der Waals surface area contributed by atoms with Gasteiger partial charge in [0.2, 0.25) is 10.0 Å². The summed E-state index contributed by atoms with van der Waals surface area (Å²) in [4.78, 5) is 0. The number of benzene rings is 1. The molecular weight excluding hydrogens is 274 g/mol. The lowest BCUT2D eigenvalue weighted by Crippen LogP contribution is -2.30. The second-order valence-corrected chi connectivity index (χ2v) is 7.44. The lowest BCUT2D eigenvalue weighted by molar-refractivity contribution is 0.281. The topological polar surface area (TPSA) is 66.4 Å². The third-order valence-electron chi connectivity index (χ3n) is 3.85. The van der Waals surface area contributed by atoms with E-state index in [0.29, 0.717) is 12.5 Å². The Morgan fingerprint density at radius 1 is 1.15 bits per heavy atom. The van der Waals surface area contributed by atoms with Gasteiger partial charge < -0.3 is 5.11 Å². The lowest BCUT2D eigenvalue weighted by atomic mass is 9.91. The Labute approximate surface area is 121 Å². The summed E-state index contributed by atoms with van der Waals surface area (Å²) in [7, 11) is -3.21. The van der Waals surface area contributed by atoms with Gasteiger partial charge in [0.15, 0.2) is 0 Å². The van der Waals surface area contributed by atoms with Crippen molar-refractivity contribution < 1.29 is 13.5 Å². The fraction of sp³-hybridized carbons (Fsp3) is 0.600. The van der Waals surface area contributed by atoms with Gasteiger partial charge in [-0.05, 0) is 29.9 Å². The van der Waals surface area contributed by atoms with Crippen molar-refractivity contribution in [1.82, 2.24) is 4.72 Å². The molecule has 2 rings (SSSR count). The van der Waals surface area contributed by atoms with Gasteiger partial charge in [0, 0.05) is 6.54 Å². The van der Waals surface area contributed by atoms with E-state index >= 15 is 0 Å². The zero-order valence-corrected chi connectivity index (χ0v) is 12.5. The predicted molar refractivity (Wildman–Crippen MR) is 79.6 cm³/mol. The molecule has 1 aliphatic carbocycles. The van der Waals surface area contributed by atoms with Crippen LogP contribution in [0, 0.1) is 5.92 Å². The van der Waals surface area contributed by atoms with Crippen LogP contribution in [0.2, 0.25) is 0 Å². The van der Waals surface area contributed by atoms with Gasteiger partial charge in [0.05, 0.1) is 12.4 Å². The van der Waals surface area contributed by atoms with Gasteiger partial charge in [-0.2, -0.15) is 0 Å². The van der Waals surface area contributed by atoms with E-state index in [-0.39, 0.29) is 12.4 Å². The van der Waals surface area contributed by atoms with Crippen LogP contribution >= 0.6 is 0 Å². The summed E-state index contributed by atoms with van der Waals surface area (Å²) >= 11 is 0. The molecule has 0 atom stereocenters. The Balaban J connectivity index is 1.87. The minimum Gasteiger partial charge on any atom is -0.392 e. The highest BCUT2D eigenvalue weighted by Crippen LogP contribution is 2.24. The number of aliphatic hydroxyl groups excluding tert-OH is 1. The quantitative estimate of drug-likeness (QED) is 0.846. The summed E-state index contributed by atoms with van der Waals surface area (Å²) in [6.45, 7) is 0.269. The van der Waals surface area contributed by atoms with Gasteiger partial charge in [-0.15, -0.1) is 0 Å². The smallest absolute Gasteiger partial charge is 0.212 e. The van der Waals surface area contributed by atoms with Gasteiger partial charge in [0.1, 0.15) is 0 Å². The van der Waals surface area contributed by atoms with Gasteiger partial charge in [-0.3, -0.25) is 0 Å². The van der Waals surface area contributed by atoms with Gasteiger partial charge in [-0.1, -0.05) is 43.5 Å². The molecule has 112 valence electrons. The SMILES string of the molecule is O=S(=O)(CC1CCCCC1)NCc1cccc(CO)c1. The molecule has 0 bridgehead atoms. The summed E-state index contributed by atoms with van der Waals surface area (Å²) in [5.74, 6) is 0.553. The first kappa shape index (κ1) is 15.5. The highest BCUT2D eigenvalue weighted by Gasteiger charge is 2.20. The average molecular weight is 297 g/mol. The highest BCUT2D eigenvalue weighted by atomic mass is 32.2. The van der Waals surface area contributed by atoms with Gasteiger partial charge >= 0.3 is 0 Å². The normalized spacial score (nSPS) is 17.2. The molecule has 1 aromatic rings. The fourth-order valence-corrected chi connectivity index (χ4v) is 4.21. The molecule has 20 heavy (non-hydrogen) atoms. The molecule has 0 amide bonds. The third-order valence-corrected chi connectivity index (χ3v) is 5.34. The summed E-state index contributed by atoms with van der Waals surface area (Å²) in [6, 6.07) is 7.34. The summed E-state index contributed by atoms with van der Waals surface area (Å²) in [6.07, 6.45) is 5.59. The van der Waals surface area contributed by atoms with Crippen molar-refractivity contribution in [1.29, 1.82) is 0 Å². The van der Waals surface area contributed by atoms with Crippen molar-refractivity contribution in [2.45, 2.75) is 45.3 Å². The van der Waals surface area contributed by atoms with Crippen LogP contribution in [-0.4, -0.2) is 19.3 Å². The van der Waals surface area contributed by atoms with E-state index in [9.17, 15) is 8.42 Å². The van der Waals surface area contributed by atoms with Crippen molar-refractivity contribution in [2.75, 3.05) is 5.75 Å². The molecule has 0 saturated heterocycles. The summed E-state index contributed by atoms with van der Waals surface area (Å²) in [5, 5.41) is 9.07. The van der Waals surface area contributed by atoms with Crippen LogP contribution in [0.1, 0.15) is 43.2 Å². The molecule has 1 saturated carbocycles. The fourth-order valence-electron chi connectivity index (χ4n) is 2.75. The van der Waals surface area contributed by atoms with Crippen LogP contribution in [0.5, 0.6) is 0 Å². The molecule has 5 heteroatoms. The Kier molecular flexibility index (Phi) is 5.57. The molecule has 0 spiro atoms.